The lowest BCUT2D eigenvalue weighted by Crippen LogP contribution is -2.05. The summed E-state index contributed by atoms with van der Waals surface area (Å²) in [5.74, 6) is 0.819. The van der Waals surface area contributed by atoms with E-state index in [4.69, 9.17) is 0 Å². The molecule has 3 aromatic heterocycles. The first-order valence-corrected chi connectivity index (χ1v) is 5.35. The Balaban J connectivity index is 1.89. The second-order valence-corrected chi connectivity index (χ2v) is 3.64. The molecule has 0 unspecified atom stereocenters. The van der Waals surface area contributed by atoms with Crippen molar-refractivity contribution >= 4 is 0 Å². The zero-order valence-corrected chi connectivity index (χ0v) is 9.14. The number of rotatable bonds is 3. The molecule has 0 fully saturated rings. The van der Waals surface area contributed by atoms with E-state index in [-0.39, 0.29) is 0 Å². The second-order valence-electron chi connectivity index (χ2n) is 3.64. The van der Waals surface area contributed by atoms with Gasteiger partial charge in [-0.15, -0.1) is 0 Å². The van der Waals surface area contributed by atoms with Crippen LogP contribution in [-0.4, -0.2) is 24.5 Å². The molecule has 0 aliphatic rings. The highest BCUT2D eigenvalue weighted by molar-refractivity contribution is 5.23. The fraction of sp³-hybridized carbons (Fsp3) is 0.0833. The van der Waals surface area contributed by atoms with Crippen LogP contribution >= 0.6 is 0 Å². The fourth-order valence-corrected chi connectivity index (χ4v) is 1.65. The molecule has 0 aliphatic carbocycles. The maximum absolute atomic E-state index is 4.53. The first-order chi connectivity index (χ1) is 8.42. The van der Waals surface area contributed by atoms with E-state index in [9.17, 15) is 0 Å². The minimum Gasteiger partial charge on any atom is -0.267 e. The lowest BCUT2D eigenvalue weighted by Gasteiger charge is -2.04. The summed E-state index contributed by atoms with van der Waals surface area (Å²) < 4.78 is 3.59. The zero-order chi connectivity index (χ0) is 11.5. The van der Waals surface area contributed by atoms with Gasteiger partial charge in [0.15, 0.2) is 5.82 Å². The minimum atomic E-state index is 0.669. The lowest BCUT2D eigenvalue weighted by molar-refractivity contribution is 0.668. The molecular weight excluding hydrogens is 214 g/mol. The Hall–Kier alpha value is -2.43. The average Bonchev–Trinajstić information content (AvgIpc) is 3.01. The van der Waals surface area contributed by atoms with Crippen LogP contribution < -0.4 is 0 Å². The summed E-state index contributed by atoms with van der Waals surface area (Å²) in [7, 11) is 0. The first-order valence-electron chi connectivity index (χ1n) is 5.35. The third-order valence-electron chi connectivity index (χ3n) is 2.41. The predicted molar refractivity (Wildman–Crippen MR) is 62.7 cm³/mol. The standard InChI is InChI=1S/C12H11N5/c1-4-11(10-16-8-2-6-13-16)15-12(5-1)17-9-3-7-14-17/h1-9H,10H2. The van der Waals surface area contributed by atoms with Gasteiger partial charge in [0.25, 0.3) is 0 Å². The molecule has 3 rings (SSSR count). The molecule has 0 radical (unpaired) electrons. The van der Waals surface area contributed by atoms with Crippen molar-refractivity contribution in [1.29, 1.82) is 0 Å². The highest BCUT2D eigenvalue weighted by atomic mass is 15.3. The Labute approximate surface area is 98.3 Å². The van der Waals surface area contributed by atoms with Crippen molar-refractivity contribution in [2.45, 2.75) is 6.54 Å². The zero-order valence-electron chi connectivity index (χ0n) is 9.14. The molecule has 0 aromatic carbocycles. The van der Waals surface area contributed by atoms with Crippen LogP contribution in [0.15, 0.2) is 55.1 Å². The lowest BCUT2D eigenvalue weighted by atomic mass is 10.3. The summed E-state index contributed by atoms with van der Waals surface area (Å²) >= 11 is 0. The van der Waals surface area contributed by atoms with Crippen LogP contribution in [0.2, 0.25) is 0 Å². The highest BCUT2D eigenvalue weighted by Crippen LogP contribution is 2.05. The van der Waals surface area contributed by atoms with Crippen molar-refractivity contribution in [1.82, 2.24) is 24.5 Å². The third kappa shape index (κ3) is 2.08. The summed E-state index contributed by atoms with van der Waals surface area (Å²) in [5, 5.41) is 8.31. The van der Waals surface area contributed by atoms with E-state index in [1.54, 1.807) is 17.1 Å². The molecule has 0 N–H and O–H groups in total. The molecule has 0 atom stereocenters. The van der Waals surface area contributed by atoms with E-state index in [0.717, 1.165) is 11.5 Å². The van der Waals surface area contributed by atoms with Crippen LogP contribution in [0.5, 0.6) is 0 Å². The van der Waals surface area contributed by atoms with Gasteiger partial charge < -0.3 is 0 Å². The van der Waals surface area contributed by atoms with Gasteiger partial charge in [0.05, 0.1) is 12.2 Å². The molecule has 3 aromatic rings. The predicted octanol–water partition coefficient (Wildman–Crippen LogP) is 1.51. The smallest absolute Gasteiger partial charge is 0.153 e. The quantitative estimate of drug-likeness (QED) is 0.679. The molecule has 0 bridgehead atoms. The first kappa shape index (κ1) is 9.77. The molecule has 0 amide bonds. The van der Waals surface area contributed by atoms with E-state index < -0.39 is 0 Å². The maximum atomic E-state index is 4.53. The van der Waals surface area contributed by atoms with Crippen molar-refractivity contribution in [2.24, 2.45) is 0 Å². The Bertz CT molecular complexity index is 583. The molecule has 0 saturated carbocycles. The third-order valence-corrected chi connectivity index (χ3v) is 2.41. The van der Waals surface area contributed by atoms with Crippen molar-refractivity contribution in [3.8, 4) is 5.82 Å². The van der Waals surface area contributed by atoms with E-state index in [1.807, 2.05) is 47.4 Å². The summed E-state index contributed by atoms with van der Waals surface area (Å²) in [6.07, 6.45) is 7.29. The Morgan fingerprint density at radius 3 is 2.59 bits per heavy atom. The van der Waals surface area contributed by atoms with Gasteiger partial charge >= 0.3 is 0 Å². The largest absolute Gasteiger partial charge is 0.267 e. The van der Waals surface area contributed by atoms with Crippen LogP contribution in [0.4, 0.5) is 0 Å². The van der Waals surface area contributed by atoms with Crippen LogP contribution in [0, 0.1) is 0 Å². The minimum absolute atomic E-state index is 0.669. The Kier molecular flexibility index (Phi) is 2.42. The van der Waals surface area contributed by atoms with Crippen LogP contribution in [-0.2, 0) is 6.54 Å². The SMILES string of the molecule is c1cc(Cn2cccn2)nc(-n2cccn2)c1. The average molecular weight is 225 g/mol. The Morgan fingerprint density at radius 1 is 0.941 bits per heavy atom. The van der Waals surface area contributed by atoms with Gasteiger partial charge in [0, 0.05) is 24.8 Å². The number of hydrogen-bond donors (Lipinski definition) is 0. The van der Waals surface area contributed by atoms with Crippen LogP contribution in [0.25, 0.3) is 5.82 Å². The maximum Gasteiger partial charge on any atom is 0.153 e. The summed E-state index contributed by atoms with van der Waals surface area (Å²) in [4.78, 5) is 4.53. The van der Waals surface area contributed by atoms with E-state index in [2.05, 4.69) is 15.2 Å². The highest BCUT2D eigenvalue weighted by Gasteiger charge is 2.01. The molecule has 0 aliphatic heterocycles. The molecule has 84 valence electrons. The van der Waals surface area contributed by atoms with E-state index >= 15 is 0 Å². The summed E-state index contributed by atoms with van der Waals surface area (Å²) in [6.45, 7) is 0.669. The molecule has 5 nitrogen and oxygen atoms in total. The summed E-state index contributed by atoms with van der Waals surface area (Å²) in [5.41, 5.74) is 0.960. The number of nitrogens with zero attached hydrogens (tertiary/aromatic N) is 5. The monoisotopic (exact) mass is 225 g/mol. The topological polar surface area (TPSA) is 48.5 Å². The van der Waals surface area contributed by atoms with Crippen LogP contribution in [0.3, 0.4) is 0 Å². The van der Waals surface area contributed by atoms with E-state index in [1.165, 1.54) is 0 Å². The second kappa shape index (κ2) is 4.21. The van der Waals surface area contributed by atoms with Gasteiger partial charge in [-0.05, 0) is 24.3 Å². The Morgan fingerprint density at radius 2 is 1.82 bits per heavy atom. The van der Waals surface area contributed by atoms with Crippen molar-refractivity contribution in [3.05, 3.63) is 60.8 Å². The van der Waals surface area contributed by atoms with Gasteiger partial charge in [-0.1, -0.05) is 6.07 Å². The van der Waals surface area contributed by atoms with Crippen LogP contribution in [0.1, 0.15) is 5.69 Å². The van der Waals surface area contributed by atoms with Gasteiger partial charge in [0.2, 0.25) is 0 Å². The summed E-state index contributed by atoms with van der Waals surface area (Å²) in [6, 6.07) is 9.66. The number of pyridine rings is 1. The normalized spacial score (nSPS) is 10.6. The fourth-order valence-electron chi connectivity index (χ4n) is 1.65. The van der Waals surface area contributed by atoms with Gasteiger partial charge in [-0.2, -0.15) is 10.2 Å². The van der Waals surface area contributed by atoms with Crippen molar-refractivity contribution in [3.63, 3.8) is 0 Å². The molecule has 5 heteroatoms. The van der Waals surface area contributed by atoms with Gasteiger partial charge in [-0.25, -0.2) is 9.67 Å². The number of hydrogen-bond acceptors (Lipinski definition) is 3. The molecule has 17 heavy (non-hydrogen) atoms. The van der Waals surface area contributed by atoms with Crippen molar-refractivity contribution in [2.75, 3.05) is 0 Å². The molecule has 0 spiro atoms. The van der Waals surface area contributed by atoms with Gasteiger partial charge in [0.1, 0.15) is 0 Å². The molecular formula is C12H11N5. The number of aromatic nitrogens is 5. The van der Waals surface area contributed by atoms with Crippen molar-refractivity contribution < 1.29 is 0 Å². The molecule has 0 saturated heterocycles. The van der Waals surface area contributed by atoms with E-state index in [0.29, 0.717) is 6.54 Å². The molecule has 3 heterocycles. The van der Waals surface area contributed by atoms with Gasteiger partial charge in [-0.3, -0.25) is 4.68 Å².